The highest BCUT2D eigenvalue weighted by Crippen LogP contribution is 2.26. The molecular formula is C11H8BrN3. The summed E-state index contributed by atoms with van der Waals surface area (Å²) in [5.74, 6) is 0.417. The molecule has 0 aliphatic rings. The van der Waals surface area contributed by atoms with E-state index in [-0.39, 0.29) is 0 Å². The van der Waals surface area contributed by atoms with Crippen LogP contribution in [-0.4, -0.2) is 9.55 Å². The van der Waals surface area contributed by atoms with Crippen LogP contribution in [-0.2, 0) is 7.05 Å². The third-order valence-electron chi connectivity index (χ3n) is 2.13. The normalized spacial score (nSPS) is 9.93. The SMILES string of the molecule is Cn1cc(-c2ccccc2Br)nc1C#N. The molecule has 0 unspecified atom stereocenters. The van der Waals surface area contributed by atoms with Crippen molar-refractivity contribution in [1.82, 2.24) is 9.55 Å². The molecule has 0 amide bonds. The Labute approximate surface area is 96.1 Å². The van der Waals surface area contributed by atoms with E-state index in [2.05, 4.69) is 20.9 Å². The summed E-state index contributed by atoms with van der Waals surface area (Å²) >= 11 is 3.46. The van der Waals surface area contributed by atoms with Crippen molar-refractivity contribution in [3.63, 3.8) is 0 Å². The summed E-state index contributed by atoms with van der Waals surface area (Å²) in [5.41, 5.74) is 1.80. The van der Waals surface area contributed by atoms with E-state index in [1.54, 1.807) is 4.57 Å². The van der Waals surface area contributed by atoms with Crippen molar-refractivity contribution < 1.29 is 0 Å². The molecule has 1 heterocycles. The first-order chi connectivity index (χ1) is 7.22. The molecule has 74 valence electrons. The van der Waals surface area contributed by atoms with Gasteiger partial charge < -0.3 is 4.57 Å². The molecule has 15 heavy (non-hydrogen) atoms. The van der Waals surface area contributed by atoms with Crippen molar-refractivity contribution in [2.75, 3.05) is 0 Å². The van der Waals surface area contributed by atoms with Gasteiger partial charge in [0.2, 0.25) is 5.82 Å². The number of benzene rings is 1. The second-order valence-corrected chi connectivity index (χ2v) is 4.01. The number of nitrogens with zero attached hydrogens (tertiary/aromatic N) is 3. The fourth-order valence-electron chi connectivity index (χ4n) is 1.37. The molecule has 2 rings (SSSR count). The lowest BCUT2D eigenvalue weighted by atomic mass is 10.2. The van der Waals surface area contributed by atoms with Gasteiger partial charge >= 0.3 is 0 Å². The molecule has 0 saturated carbocycles. The van der Waals surface area contributed by atoms with Crippen molar-refractivity contribution in [2.45, 2.75) is 0 Å². The van der Waals surface area contributed by atoms with Crippen molar-refractivity contribution >= 4 is 15.9 Å². The van der Waals surface area contributed by atoms with E-state index < -0.39 is 0 Å². The first-order valence-corrected chi connectivity index (χ1v) is 5.20. The average Bonchev–Trinajstić information content (AvgIpc) is 2.60. The van der Waals surface area contributed by atoms with Gasteiger partial charge in [0.05, 0.1) is 5.69 Å². The molecule has 0 aliphatic carbocycles. The van der Waals surface area contributed by atoms with Gasteiger partial charge in [-0.3, -0.25) is 0 Å². The summed E-state index contributed by atoms with van der Waals surface area (Å²) in [7, 11) is 1.81. The standard InChI is InChI=1S/C11H8BrN3/c1-15-7-10(14-11(15)6-13)8-4-2-3-5-9(8)12/h2-5,7H,1H3. The van der Waals surface area contributed by atoms with Crippen molar-refractivity contribution in [3.05, 3.63) is 40.8 Å². The number of aryl methyl sites for hydroxylation is 1. The Kier molecular flexibility index (Phi) is 2.57. The lowest BCUT2D eigenvalue weighted by Gasteiger charge is -1.98. The quantitative estimate of drug-likeness (QED) is 0.792. The van der Waals surface area contributed by atoms with E-state index in [4.69, 9.17) is 5.26 Å². The predicted octanol–water partition coefficient (Wildman–Crippen LogP) is 2.72. The van der Waals surface area contributed by atoms with Gasteiger partial charge in [-0.25, -0.2) is 4.98 Å². The maximum absolute atomic E-state index is 8.80. The second kappa shape index (κ2) is 3.87. The van der Waals surface area contributed by atoms with Gasteiger partial charge in [-0.2, -0.15) is 5.26 Å². The van der Waals surface area contributed by atoms with E-state index in [0.29, 0.717) is 5.82 Å². The molecule has 1 aromatic heterocycles. The maximum atomic E-state index is 8.80. The highest BCUT2D eigenvalue weighted by Gasteiger charge is 2.08. The van der Waals surface area contributed by atoms with E-state index in [1.165, 1.54) is 0 Å². The number of halogens is 1. The topological polar surface area (TPSA) is 41.6 Å². The van der Waals surface area contributed by atoms with Crippen LogP contribution in [0.15, 0.2) is 34.9 Å². The van der Waals surface area contributed by atoms with Gasteiger partial charge in [0, 0.05) is 23.3 Å². The summed E-state index contributed by atoms with van der Waals surface area (Å²) in [5, 5.41) is 8.80. The number of nitriles is 1. The molecule has 4 heteroatoms. The molecule has 0 fully saturated rings. The minimum atomic E-state index is 0.417. The molecule has 0 N–H and O–H groups in total. The fourth-order valence-corrected chi connectivity index (χ4v) is 1.86. The van der Waals surface area contributed by atoms with Crippen LogP contribution in [0.25, 0.3) is 11.3 Å². The van der Waals surface area contributed by atoms with Gasteiger partial charge in [-0.1, -0.05) is 34.1 Å². The Hall–Kier alpha value is -1.60. The third kappa shape index (κ3) is 1.79. The zero-order chi connectivity index (χ0) is 10.8. The van der Waals surface area contributed by atoms with Gasteiger partial charge in [-0.05, 0) is 6.07 Å². The van der Waals surface area contributed by atoms with Crippen LogP contribution in [0.1, 0.15) is 5.82 Å². The van der Waals surface area contributed by atoms with Crippen LogP contribution in [0.4, 0.5) is 0 Å². The lowest BCUT2D eigenvalue weighted by Crippen LogP contribution is -1.88. The summed E-state index contributed by atoms with van der Waals surface area (Å²) in [6.07, 6.45) is 1.85. The Morgan fingerprint density at radius 1 is 1.40 bits per heavy atom. The molecule has 0 atom stereocenters. The summed E-state index contributed by atoms with van der Waals surface area (Å²) < 4.78 is 2.70. The number of hydrogen-bond donors (Lipinski definition) is 0. The summed E-state index contributed by atoms with van der Waals surface area (Å²) in [6, 6.07) is 9.85. The zero-order valence-corrected chi connectivity index (χ0v) is 9.69. The van der Waals surface area contributed by atoms with Crippen LogP contribution in [0.2, 0.25) is 0 Å². The van der Waals surface area contributed by atoms with E-state index >= 15 is 0 Å². The third-order valence-corrected chi connectivity index (χ3v) is 2.82. The van der Waals surface area contributed by atoms with Crippen molar-refractivity contribution in [2.24, 2.45) is 7.05 Å². The van der Waals surface area contributed by atoms with Crippen LogP contribution < -0.4 is 0 Å². The fraction of sp³-hybridized carbons (Fsp3) is 0.0909. The number of hydrogen-bond acceptors (Lipinski definition) is 2. The zero-order valence-electron chi connectivity index (χ0n) is 8.11. The predicted molar refractivity (Wildman–Crippen MR) is 61.1 cm³/mol. The van der Waals surface area contributed by atoms with E-state index in [9.17, 15) is 0 Å². The summed E-state index contributed by atoms with van der Waals surface area (Å²) in [4.78, 5) is 4.23. The minimum absolute atomic E-state index is 0.417. The van der Waals surface area contributed by atoms with Crippen molar-refractivity contribution in [1.29, 1.82) is 5.26 Å². The van der Waals surface area contributed by atoms with Crippen molar-refractivity contribution in [3.8, 4) is 17.3 Å². The Balaban J connectivity index is 2.56. The largest absolute Gasteiger partial charge is 0.325 e. The second-order valence-electron chi connectivity index (χ2n) is 3.15. The number of rotatable bonds is 1. The Morgan fingerprint density at radius 2 is 2.13 bits per heavy atom. The molecule has 1 aromatic carbocycles. The van der Waals surface area contributed by atoms with Crippen LogP contribution in [0.3, 0.4) is 0 Å². The van der Waals surface area contributed by atoms with Crippen LogP contribution in [0, 0.1) is 11.3 Å². The lowest BCUT2D eigenvalue weighted by molar-refractivity contribution is 0.889. The van der Waals surface area contributed by atoms with Gasteiger partial charge in [0.25, 0.3) is 0 Å². The first-order valence-electron chi connectivity index (χ1n) is 4.40. The average molecular weight is 262 g/mol. The van der Waals surface area contributed by atoms with Crippen LogP contribution >= 0.6 is 15.9 Å². The highest BCUT2D eigenvalue weighted by atomic mass is 79.9. The highest BCUT2D eigenvalue weighted by molar-refractivity contribution is 9.10. The molecule has 0 saturated heterocycles. The molecule has 0 radical (unpaired) electrons. The van der Waals surface area contributed by atoms with Gasteiger partial charge in [0.1, 0.15) is 6.07 Å². The van der Waals surface area contributed by atoms with Gasteiger partial charge in [0.15, 0.2) is 0 Å². The smallest absolute Gasteiger partial charge is 0.213 e. The maximum Gasteiger partial charge on any atom is 0.213 e. The Bertz CT molecular complexity index is 537. The molecule has 0 aliphatic heterocycles. The molecule has 3 nitrogen and oxygen atoms in total. The number of aromatic nitrogens is 2. The minimum Gasteiger partial charge on any atom is -0.325 e. The molecule has 0 bridgehead atoms. The van der Waals surface area contributed by atoms with Gasteiger partial charge in [-0.15, -0.1) is 0 Å². The van der Waals surface area contributed by atoms with E-state index in [1.807, 2.05) is 43.6 Å². The summed E-state index contributed by atoms with van der Waals surface area (Å²) in [6.45, 7) is 0. The molecule has 0 spiro atoms. The Morgan fingerprint density at radius 3 is 2.73 bits per heavy atom. The molecular weight excluding hydrogens is 254 g/mol. The number of imidazole rings is 1. The van der Waals surface area contributed by atoms with E-state index in [0.717, 1.165) is 15.7 Å². The first kappa shape index (κ1) is 9.94. The molecule has 2 aromatic rings. The van der Waals surface area contributed by atoms with Crippen LogP contribution in [0.5, 0.6) is 0 Å². The monoisotopic (exact) mass is 261 g/mol.